The number of carbonyl (C=O) groups is 1. The number of amides is 1. The van der Waals surface area contributed by atoms with Gasteiger partial charge in [0.2, 0.25) is 0 Å². The smallest absolute Gasteiger partial charge is 0.408 e. The zero-order valence-corrected chi connectivity index (χ0v) is 13.8. The number of hydrogen-bond acceptors (Lipinski definition) is 3. The number of hydrogen-bond donors (Lipinski definition) is 1. The zero-order valence-electron chi connectivity index (χ0n) is 13.8. The van der Waals surface area contributed by atoms with Crippen molar-refractivity contribution in [3.8, 4) is 11.1 Å². The largest absolute Gasteiger partial charge is 0.436 e. The first-order chi connectivity index (χ1) is 12.2. The molecule has 1 aliphatic rings. The quantitative estimate of drug-likeness (QED) is 0.772. The summed E-state index contributed by atoms with van der Waals surface area (Å²) in [6.45, 7) is 1.93. The molecule has 4 rings (SSSR count). The van der Waals surface area contributed by atoms with Gasteiger partial charge in [-0.05, 0) is 29.7 Å². The van der Waals surface area contributed by atoms with Crippen LogP contribution in [0.25, 0.3) is 11.1 Å². The molecule has 0 saturated carbocycles. The fraction of sp³-hybridized carbons (Fsp3) is 0.143. The van der Waals surface area contributed by atoms with Crippen molar-refractivity contribution in [1.82, 2.24) is 10.3 Å². The van der Waals surface area contributed by atoms with E-state index in [1.807, 2.05) is 73.8 Å². The first kappa shape index (κ1) is 15.4. The lowest BCUT2D eigenvalue weighted by atomic mass is 9.84. The standard InChI is InChI=1S/C21H18N2O2/c1-21(18-10-6-3-7-11-18)19(23-20(24)25-21)17-12-16(13-22-14-17)15-8-4-2-5-9-15/h2-14,19H,1H3,(H,23,24)/t19-,21-/m0/s1. The van der Waals surface area contributed by atoms with Crippen LogP contribution in [0.2, 0.25) is 0 Å². The molecule has 1 aromatic heterocycles. The Balaban J connectivity index is 1.77. The lowest BCUT2D eigenvalue weighted by molar-refractivity contribution is 0.0494. The van der Waals surface area contributed by atoms with E-state index in [2.05, 4.69) is 16.4 Å². The third-order valence-corrected chi connectivity index (χ3v) is 4.66. The summed E-state index contributed by atoms with van der Waals surface area (Å²) in [6.07, 6.45) is 3.20. The first-order valence-electron chi connectivity index (χ1n) is 8.22. The van der Waals surface area contributed by atoms with E-state index in [0.717, 1.165) is 22.3 Å². The number of nitrogens with zero attached hydrogens (tertiary/aromatic N) is 1. The van der Waals surface area contributed by atoms with E-state index in [0.29, 0.717) is 0 Å². The highest BCUT2D eigenvalue weighted by molar-refractivity contribution is 5.72. The van der Waals surface area contributed by atoms with Gasteiger partial charge in [0, 0.05) is 18.0 Å². The third-order valence-electron chi connectivity index (χ3n) is 4.66. The molecular weight excluding hydrogens is 312 g/mol. The molecule has 0 bridgehead atoms. The number of carbonyl (C=O) groups excluding carboxylic acids is 1. The molecule has 2 atom stereocenters. The number of pyridine rings is 1. The molecule has 0 radical (unpaired) electrons. The molecule has 0 aliphatic carbocycles. The Morgan fingerprint density at radius 1 is 0.960 bits per heavy atom. The summed E-state index contributed by atoms with van der Waals surface area (Å²) in [5.74, 6) is 0. The van der Waals surface area contributed by atoms with Gasteiger partial charge < -0.3 is 10.1 Å². The highest BCUT2D eigenvalue weighted by Crippen LogP contribution is 2.42. The van der Waals surface area contributed by atoms with Crippen LogP contribution in [0.4, 0.5) is 4.79 Å². The van der Waals surface area contributed by atoms with Crippen LogP contribution >= 0.6 is 0 Å². The Labute approximate surface area is 146 Å². The second-order valence-electron chi connectivity index (χ2n) is 6.31. The van der Waals surface area contributed by atoms with Crippen molar-refractivity contribution in [1.29, 1.82) is 0 Å². The van der Waals surface area contributed by atoms with Gasteiger partial charge in [0.15, 0.2) is 5.60 Å². The molecule has 4 nitrogen and oxygen atoms in total. The van der Waals surface area contributed by atoms with Crippen LogP contribution in [-0.4, -0.2) is 11.1 Å². The van der Waals surface area contributed by atoms with Crippen LogP contribution < -0.4 is 5.32 Å². The topological polar surface area (TPSA) is 51.2 Å². The highest BCUT2D eigenvalue weighted by Gasteiger charge is 2.47. The van der Waals surface area contributed by atoms with E-state index >= 15 is 0 Å². The number of aromatic nitrogens is 1. The maximum atomic E-state index is 12.0. The predicted octanol–water partition coefficient (Wildman–Crippen LogP) is 4.44. The minimum atomic E-state index is -0.782. The van der Waals surface area contributed by atoms with Crippen LogP contribution in [0.15, 0.2) is 79.1 Å². The Bertz CT molecular complexity index is 896. The number of cyclic esters (lactones) is 1. The summed E-state index contributed by atoms with van der Waals surface area (Å²) < 4.78 is 5.67. The molecule has 25 heavy (non-hydrogen) atoms. The lowest BCUT2D eigenvalue weighted by Crippen LogP contribution is -2.31. The summed E-state index contributed by atoms with van der Waals surface area (Å²) in [6, 6.07) is 21.6. The minimum absolute atomic E-state index is 0.307. The van der Waals surface area contributed by atoms with Crippen molar-refractivity contribution < 1.29 is 9.53 Å². The van der Waals surface area contributed by atoms with E-state index in [1.54, 1.807) is 6.20 Å². The number of rotatable bonds is 3. The van der Waals surface area contributed by atoms with Gasteiger partial charge in [0.05, 0.1) is 0 Å². The van der Waals surface area contributed by atoms with E-state index < -0.39 is 11.7 Å². The van der Waals surface area contributed by atoms with Gasteiger partial charge in [-0.1, -0.05) is 60.7 Å². The van der Waals surface area contributed by atoms with Gasteiger partial charge in [0.25, 0.3) is 0 Å². The van der Waals surface area contributed by atoms with Gasteiger partial charge in [-0.25, -0.2) is 4.79 Å². The van der Waals surface area contributed by atoms with Crippen LogP contribution in [0.3, 0.4) is 0 Å². The fourth-order valence-corrected chi connectivity index (χ4v) is 3.34. The number of benzene rings is 2. The van der Waals surface area contributed by atoms with Crippen LogP contribution in [0, 0.1) is 0 Å². The normalized spacial score (nSPS) is 22.3. The van der Waals surface area contributed by atoms with E-state index in [1.165, 1.54) is 0 Å². The van der Waals surface area contributed by atoms with Crippen molar-refractivity contribution in [3.05, 3.63) is 90.3 Å². The first-order valence-corrected chi connectivity index (χ1v) is 8.22. The summed E-state index contributed by atoms with van der Waals surface area (Å²) in [5.41, 5.74) is 3.18. The van der Waals surface area contributed by atoms with Gasteiger partial charge in [-0.2, -0.15) is 0 Å². The maximum Gasteiger partial charge on any atom is 0.408 e. The van der Waals surface area contributed by atoms with E-state index in [4.69, 9.17) is 4.74 Å². The summed E-state index contributed by atoms with van der Waals surface area (Å²) in [5, 5.41) is 2.94. The summed E-state index contributed by atoms with van der Waals surface area (Å²) in [4.78, 5) is 16.4. The van der Waals surface area contributed by atoms with Gasteiger partial charge in [-0.15, -0.1) is 0 Å². The van der Waals surface area contributed by atoms with E-state index in [-0.39, 0.29) is 6.04 Å². The Morgan fingerprint density at radius 3 is 2.36 bits per heavy atom. The maximum absolute atomic E-state index is 12.0. The fourth-order valence-electron chi connectivity index (χ4n) is 3.34. The molecule has 1 aliphatic heterocycles. The Kier molecular flexibility index (Phi) is 3.73. The van der Waals surface area contributed by atoms with Crippen molar-refractivity contribution >= 4 is 6.09 Å². The summed E-state index contributed by atoms with van der Waals surface area (Å²) in [7, 11) is 0. The third kappa shape index (κ3) is 2.76. The van der Waals surface area contributed by atoms with Gasteiger partial charge in [0.1, 0.15) is 6.04 Å². The average Bonchev–Trinajstić information content (AvgIpc) is 2.99. The molecule has 0 unspecified atom stereocenters. The molecule has 1 N–H and O–H groups in total. The zero-order chi connectivity index (χ0) is 17.3. The molecular formula is C21H18N2O2. The van der Waals surface area contributed by atoms with Crippen LogP contribution in [-0.2, 0) is 10.3 Å². The second kappa shape index (κ2) is 6.06. The van der Waals surface area contributed by atoms with E-state index in [9.17, 15) is 4.79 Å². The average molecular weight is 330 g/mol. The number of alkyl carbamates (subject to hydrolysis) is 1. The monoisotopic (exact) mass is 330 g/mol. The molecule has 1 saturated heterocycles. The molecule has 3 aromatic rings. The molecule has 0 spiro atoms. The molecule has 2 heterocycles. The van der Waals surface area contributed by atoms with Crippen LogP contribution in [0.5, 0.6) is 0 Å². The number of ether oxygens (including phenoxy) is 1. The van der Waals surface area contributed by atoms with Gasteiger partial charge >= 0.3 is 6.09 Å². The van der Waals surface area contributed by atoms with Crippen LogP contribution in [0.1, 0.15) is 24.1 Å². The lowest BCUT2D eigenvalue weighted by Gasteiger charge is -2.29. The van der Waals surface area contributed by atoms with Gasteiger partial charge in [-0.3, -0.25) is 4.98 Å². The molecule has 124 valence electrons. The number of nitrogens with one attached hydrogen (secondary N) is 1. The van der Waals surface area contributed by atoms with Crippen molar-refractivity contribution in [2.75, 3.05) is 0 Å². The summed E-state index contributed by atoms with van der Waals surface area (Å²) >= 11 is 0. The SMILES string of the molecule is C[C@@]1(c2ccccc2)OC(=O)N[C@H]1c1cncc(-c2ccccc2)c1. The van der Waals surface area contributed by atoms with Crippen molar-refractivity contribution in [3.63, 3.8) is 0 Å². The Hall–Kier alpha value is -3.14. The molecule has 1 amide bonds. The molecule has 2 aromatic carbocycles. The highest BCUT2D eigenvalue weighted by atomic mass is 16.6. The Morgan fingerprint density at radius 2 is 1.64 bits per heavy atom. The van der Waals surface area contributed by atoms with Crippen molar-refractivity contribution in [2.24, 2.45) is 0 Å². The molecule has 1 fully saturated rings. The van der Waals surface area contributed by atoms with Crippen molar-refractivity contribution in [2.45, 2.75) is 18.6 Å². The minimum Gasteiger partial charge on any atom is -0.436 e. The molecule has 4 heteroatoms. The predicted molar refractivity (Wildman–Crippen MR) is 95.8 cm³/mol. The second-order valence-corrected chi connectivity index (χ2v) is 6.31.